The SMILES string of the molecule is Cc1cc(Nc2cc3cc(-c4c(OC[C@@H]5CC6(CCCC6)CO5)cnn4C)ccn3n2)nc(C)n1. The number of ether oxygens (including phenoxy) is 2. The van der Waals surface area contributed by atoms with Crippen LogP contribution >= 0.6 is 0 Å². The Morgan fingerprint density at radius 1 is 1.14 bits per heavy atom. The Bertz CT molecular complexity index is 1350. The van der Waals surface area contributed by atoms with Crippen LogP contribution in [-0.2, 0) is 11.8 Å². The average molecular weight is 474 g/mol. The number of hydrogen-bond acceptors (Lipinski definition) is 7. The number of fused-ring (bicyclic) bond motifs is 1. The molecule has 1 atom stereocenters. The summed E-state index contributed by atoms with van der Waals surface area (Å²) < 4.78 is 16.1. The molecular formula is C26H31N7O2. The highest BCUT2D eigenvalue weighted by Crippen LogP contribution is 2.46. The maximum atomic E-state index is 6.26. The number of pyridine rings is 1. The Hall–Kier alpha value is -3.46. The quantitative estimate of drug-likeness (QED) is 0.437. The number of nitrogens with zero attached hydrogens (tertiary/aromatic N) is 6. The topological polar surface area (TPSA) is 91.4 Å². The van der Waals surface area contributed by atoms with Crippen LogP contribution in [0.5, 0.6) is 5.75 Å². The molecule has 2 fully saturated rings. The second-order valence-electron chi connectivity index (χ2n) is 10.0. The van der Waals surface area contributed by atoms with Gasteiger partial charge in [0.05, 0.1) is 24.4 Å². The summed E-state index contributed by atoms with van der Waals surface area (Å²) in [6.45, 7) is 5.27. The summed E-state index contributed by atoms with van der Waals surface area (Å²) in [7, 11) is 1.94. The van der Waals surface area contributed by atoms with Crippen LogP contribution in [0.3, 0.4) is 0 Å². The summed E-state index contributed by atoms with van der Waals surface area (Å²) in [6, 6.07) is 8.04. The third-order valence-electron chi connectivity index (χ3n) is 7.24. The molecule has 1 saturated heterocycles. The smallest absolute Gasteiger partial charge is 0.165 e. The molecule has 4 aromatic rings. The van der Waals surface area contributed by atoms with Gasteiger partial charge in [0, 0.05) is 36.6 Å². The number of anilines is 2. The molecule has 0 aromatic carbocycles. The molecule has 6 rings (SSSR count). The Balaban J connectivity index is 1.20. The Morgan fingerprint density at radius 3 is 2.83 bits per heavy atom. The van der Waals surface area contributed by atoms with Crippen molar-refractivity contribution < 1.29 is 9.47 Å². The fourth-order valence-electron chi connectivity index (χ4n) is 5.63. The standard InChI is InChI=1S/C26H31N7O2/c1-17-10-23(29-18(2)28-17)30-24-12-20-11-19(6-9-33(20)31-24)25-22(14-27-32(25)3)34-15-21-13-26(16-35-21)7-4-5-8-26/h6,9-12,14,21H,4-5,7-8,13,15-16H2,1-3H3,(H,28,29,30,31)/t21-/m0/s1. The lowest BCUT2D eigenvalue weighted by atomic mass is 9.84. The van der Waals surface area contributed by atoms with Gasteiger partial charge in [-0.2, -0.15) is 10.2 Å². The third kappa shape index (κ3) is 4.36. The minimum atomic E-state index is 0.154. The van der Waals surface area contributed by atoms with Crippen molar-refractivity contribution in [2.45, 2.75) is 52.1 Å². The molecule has 9 heteroatoms. The number of nitrogens with one attached hydrogen (secondary N) is 1. The zero-order valence-electron chi connectivity index (χ0n) is 20.5. The maximum absolute atomic E-state index is 6.26. The van der Waals surface area contributed by atoms with Crippen LogP contribution in [0.2, 0.25) is 0 Å². The molecule has 9 nitrogen and oxygen atoms in total. The Morgan fingerprint density at radius 2 is 2.00 bits per heavy atom. The molecule has 0 unspecified atom stereocenters. The van der Waals surface area contributed by atoms with Gasteiger partial charge in [-0.15, -0.1) is 0 Å². The van der Waals surface area contributed by atoms with Crippen molar-refractivity contribution >= 4 is 17.2 Å². The van der Waals surface area contributed by atoms with Crippen LogP contribution in [-0.4, -0.2) is 48.7 Å². The van der Waals surface area contributed by atoms with Crippen molar-refractivity contribution in [3.05, 3.63) is 48.2 Å². The van der Waals surface area contributed by atoms with Gasteiger partial charge in [-0.3, -0.25) is 4.68 Å². The first-order valence-corrected chi connectivity index (χ1v) is 12.3. The van der Waals surface area contributed by atoms with Crippen molar-refractivity contribution in [3.63, 3.8) is 0 Å². The predicted octanol–water partition coefficient (Wildman–Crippen LogP) is 4.61. The summed E-state index contributed by atoms with van der Waals surface area (Å²) in [4.78, 5) is 8.78. The first-order chi connectivity index (χ1) is 17.0. The molecular weight excluding hydrogens is 442 g/mol. The van der Waals surface area contributed by atoms with E-state index in [1.807, 2.05) is 54.5 Å². The Kier molecular flexibility index (Phi) is 5.44. The fraction of sp³-hybridized carbons (Fsp3) is 0.462. The number of rotatable bonds is 6. The molecule has 0 amide bonds. The lowest BCUT2D eigenvalue weighted by Gasteiger charge is -2.19. The van der Waals surface area contributed by atoms with E-state index in [-0.39, 0.29) is 6.10 Å². The molecule has 5 heterocycles. The molecule has 1 spiro atoms. The first kappa shape index (κ1) is 22.0. The highest BCUT2D eigenvalue weighted by atomic mass is 16.5. The summed E-state index contributed by atoms with van der Waals surface area (Å²) >= 11 is 0. The second-order valence-corrected chi connectivity index (χ2v) is 10.0. The van der Waals surface area contributed by atoms with Gasteiger partial charge < -0.3 is 14.8 Å². The highest BCUT2D eigenvalue weighted by molar-refractivity contribution is 5.72. The normalized spacial score (nSPS) is 19.1. The molecule has 1 aliphatic carbocycles. The van der Waals surface area contributed by atoms with Gasteiger partial charge in [-0.1, -0.05) is 12.8 Å². The molecule has 1 N–H and O–H groups in total. The van der Waals surface area contributed by atoms with E-state index < -0.39 is 0 Å². The number of hydrogen-bond donors (Lipinski definition) is 1. The van der Waals surface area contributed by atoms with E-state index in [2.05, 4.69) is 31.5 Å². The molecule has 1 aliphatic heterocycles. The highest BCUT2D eigenvalue weighted by Gasteiger charge is 2.42. The van der Waals surface area contributed by atoms with Crippen LogP contribution in [0.4, 0.5) is 11.6 Å². The van der Waals surface area contributed by atoms with Crippen molar-refractivity contribution in [1.82, 2.24) is 29.4 Å². The van der Waals surface area contributed by atoms with Gasteiger partial charge in [0.1, 0.15) is 23.9 Å². The van der Waals surface area contributed by atoms with Gasteiger partial charge in [0.15, 0.2) is 11.6 Å². The van der Waals surface area contributed by atoms with Crippen LogP contribution in [0, 0.1) is 19.3 Å². The van der Waals surface area contributed by atoms with E-state index in [0.29, 0.717) is 12.0 Å². The fourth-order valence-corrected chi connectivity index (χ4v) is 5.63. The summed E-state index contributed by atoms with van der Waals surface area (Å²) in [5.41, 5.74) is 4.23. The average Bonchev–Trinajstić information content (AvgIpc) is 3.59. The molecule has 35 heavy (non-hydrogen) atoms. The number of aromatic nitrogens is 6. The van der Waals surface area contributed by atoms with Gasteiger partial charge in [0.2, 0.25) is 0 Å². The molecule has 182 valence electrons. The van der Waals surface area contributed by atoms with Crippen LogP contribution in [0.15, 0.2) is 36.7 Å². The molecule has 2 aliphatic rings. The molecule has 0 radical (unpaired) electrons. The lowest BCUT2D eigenvalue weighted by Crippen LogP contribution is -2.19. The second kappa shape index (κ2) is 8.64. The minimum absolute atomic E-state index is 0.154. The van der Waals surface area contributed by atoms with Gasteiger partial charge in [0.25, 0.3) is 0 Å². The van der Waals surface area contributed by atoms with Crippen LogP contribution in [0.1, 0.15) is 43.6 Å². The molecule has 0 bridgehead atoms. The minimum Gasteiger partial charge on any atom is -0.487 e. The number of aryl methyl sites for hydroxylation is 3. The largest absolute Gasteiger partial charge is 0.487 e. The summed E-state index contributed by atoms with van der Waals surface area (Å²) in [5.74, 6) is 2.95. The molecule has 4 aromatic heterocycles. The summed E-state index contributed by atoms with van der Waals surface area (Å²) in [5, 5.41) is 12.4. The van der Waals surface area contributed by atoms with Crippen LogP contribution in [0.25, 0.3) is 16.8 Å². The third-order valence-corrected chi connectivity index (χ3v) is 7.24. The van der Waals surface area contributed by atoms with Gasteiger partial charge in [-0.25, -0.2) is 14.5 Å². The van der Waals surface area contributed by atoms with Gasteiger partial charge in [-0.05, 0) is 50.7 Å². The summed E-state index contributed by atoms with van der Waals surface area (Å²) in [6.07, 6.45) is 10.2. The van der Waals surface area contributed by atoms with Crippen LogP contribution < -0.4 is 10.1 Å². The van der Waals surface area contributed by atoms with E-state index >= 15 is 0 Å². The monoisotopic (exact) mass is 473 g/mol. The van der Waals surface area contributed by atoms with Crippen molar-refractivity contribution in [2.75, 3.05) is 18.5 Å². The maximum Gasteiger partial charge on any atom is 0.165 e. The first-order valence-electron chi connectivity index (χ1n) is 12.3. The Labute approximate surface area is 204 Å². The van der Waals surface area contributed by atoms with E-state index in [1.165, 1.54) is 25.7 Å². The van der Waals surface area contributed by atoms with E-state index in [1.54, 1.807) is 6.20 Å². The van der Waals surface area contributed by atoms with E-state index in [9.17, 15) is 0 Å². The van der Waals surface area contributed by atoms with Crippen molar-refractivity contribution in [2.24, 2.45) is 12.5 Å². The predicted molar refractivity (Wildman–Crippen MR) is 133 cm³/mol. The van der Waals surface area contributed by atoms with Gasteiger partial charge >= 0.3 is 0 Å². The van der Waals surface area contributed by atoms with E-state index in [0.717, 1.165) is 58.7 Å². The lowest BCUT2D eigenvalue weighted by molar-refractivity contribution is 0.0609. The van der Waals surface area contributed by atoms with Crippen molar-refractivity contribution in [3.8, 4) is 17.0 Å². The zero-order valence-corrected chi connectivity index (χ0v) is 20.5. The molecule has 1 saturated carbocycles. The van der Waals surface area contributed by atoms with E-state index in [4.69, 9.17) is 9.47 Å². The van der Waals surface area contributed by atoms with Crippen molar-refractivity contribution in [1.29, 1.82) is 0 Å². The zero-order chi connectivity index (χ0) is 24.0.